The Kier molecular flexibility index (Phi) is 5.27. The predicted octanol–water partition coefficient (Wildman–Crippen LogP) is 1.46. The summed E-state index contributed by atoms with van der Waals surface area (Å²) in [7, 11) is 3.82. The van der Waals surface area contributed by atoms with E-state index in [-0.39, 0.29) is 12.0 Å². The van der Waals surface area contributed by atoms with E-state index in [0.717, 1.165) is 38.5 Å². The number of thiophene rings is 1. The second kappa shape index (κ2) is 7.42. The molecule has 7 nitrogen and oxygen atoms in total. The standard InChI is InChI=1S/C16H25N7S/c1-12(14-18-15(17)20-16(19-14)21(2)3)23-7-5-22(6-8-23)10-13-4-9-24-11-13/h4,9,11-12H,5-8,10H2,1-3H3,(H2,17,18,19,20)/t12-/m1/s1. The Morgan fingerprint density at radius 2 is 1.96 bits per heavy atom. The van der Waals surface area contributed by atoms with Crippen LogP contribution in [-0.2, 0) is 6.54 Å². The Hall–Kier alpha value is -1.77. The van der Waals surface area contributed by atoms with Crippen molar-refractivity contribution in [3.63, 3.8) is 0 Å². The molecule has 0 aliphatic carbocycles. The minimum absolute atomic E-state index is 0.136. The highest BCUT2D eigenvalue weighted by Crippen LogP contribution is 2.21. The van der Waals surface area contributed by atoms with E-state index in [4.69, 9.17) is 5.73 Å². The van der Waals surface area contributed by atoms with E-state index < -0.39 is 0 Å². The monoisotopic (exact) mass is 347 g/mol. The van der Waals surface area contributed by atoms with Crippen LogP contribution in [0.5, 0.6) is 0 Å². The minimum Gasteiger partial charge on any atom is -0.368 e. The highest BCUT2D eigenvalue weighted by Gasteiger charge is 2.24. The largest absolute Gasteiger partial charge is 0.368 e. The number of rotatable bonds is 5. The van der Waals surface area contributed by atoms with Gasteiger partial charge in [0.1, 0.15) is 0 Å². The number of aromatic nitrogens is 3. The lowest BCUT2D eigenvalue weighted by Crippen LogP contribution is -2.46. The van der Waals surface area contributed by atoms with Crippen LogP contribution in [0.1, 0.15) is 24.4 Å². The zero-order chi connectivity index (χ0) is 17.1. The topological polar surface area (TPSA) is 74.4 Å². The van der Waals surface area contributed by atoms with Gasteiger partial charge in [-0.3, -0.25) is 9.80 Å². The average molecular weight is 347 g/mol. The summed E-state index contributed by atoms with van der Waals surface area (Å²) in [5, 5.41) is 4.37. The lowest BCUT2D eigenvalue weighted by Gasteiger charge is -2.37. The fourth-order valence-corrected chi connectivity index (χ4v) is 3.56. The van der Waals surface area contributed by atoms with Crippen molar-refractivity contribution in [2.45, 2.75) is 19.5 Å². The van der Waals surface area contributed by atoms with Gasteiger partial charge in [0.25, 0.3) is 0 Å². The van der Waals surface area contributed by atoms with Crippen LogP contribution in [0.3, 0.4) is 0 Å². The summed E-state index contributed by atoms with van der Waals surface area (Å²) in [5.74, 6) is 1.64. The number of hydrogen-bond donors (Lipinski definition) is 1. The van der Waals surface area contributed by atoms with Crippen molar-refractivity contribution < 1.29 is 0 Å². The molecule has 130 valence electrons. The van der Waals surface area contributed by atoms with Crippen LogP contribution in [0.25, 0.3) is 0 Å². The van der Waals surface area contributed by atoms with Crippen LogP contribution in [0.2, 0.25) is 0 Å². The summed E-state index contributed by atoms with van der Waals surface area (Å²) in [6, 6.07) is 2.34. The molecule has 3 rings (SSSR count). The minimum atomic E-state index is 0.136. The number of nitrogen functional groups attached to an aromatic ring is 1. The molecular weight excluding hydrogens is 322 g/mol. The quantitative estimate of drug-likeness (QED) is 0.877. The van der Waals surface area contributed by atoms with Crippen molar-refractivity contribution in [3.8, 4) is 0 Å². The molecule has 8 heteroatoms. The van der Waals surface area contributed by atoms with Crippen LogP contribution in [0, 0.1) is 0 Å². The summed E-state index contributed by atoms with van der Waals surface area (Å²) in [4.78, 5) is 19.8. The van der Waals surface area contributed by atoms with Gasteiger partial charge >= 0.3 is 0 Å². The predicted molar refractivity (Wildman–Crippen MR) is 98.2 cm³/mol. The molecule has 24 heavy (non-hydrogen) atoms. The second-order valence-corrected chi connectivity index (χ2v) is 7.15. The summed E-state index contributed by atoms with van der Waals surface area (Å²) < 4.78 is 0. The molecule has 2 aromatic rings. The number of piperazine rings is 1. The molecule has 0 bridgehead atoms. The van der Waals surface area contributed by atoms with Gasteiger partial charge in [0, 0.05) is 46.8 Å². The molecule has 2 aromatic heterocycles. The van der Waals surface area contributed by atoms with E-state index in [2.05, 4.69) is 48.5 Å². The molecule has 1 fully saturated rings. The molecule has 1 atom stereocenters. The Morgan fingerprint density at radius 1 is 1.21 bits per heavy atom. The zero-order valence-electron chi connectivity index (χ0n) is 14.5. The van der Waals surface area contributed by atoms with Crippen LogP contribution >= 0.6 is 11.3 Å². The highest BCUT2D eigenvalue weighted by atomic mass is 32.1. The summed E-state index contributed by atoms with van der Waals surface area (Å²) >= 11 is 1.76. The lowest BCUT2D eigenvalue weighted by atomic mass is 10.2. The third kappa shape index (κ3) is 4.00. The third-order valence-electron chi connectivity index (χ3n) is 4.37. The van der Waals surface area contributed by atoms with Crippen LogP contribution < -0.4 is 10.6 Å². The molecule has 1 aliphatic rings. The fourth-order valence-electron chi connectivity index (χ4n) is 2.90. The lowest BCUT2D eigenvalue weighted by molar-refractivity contribution is 0.0948. The molecule has 0 aromatic carbocycles. The van der Waals surface area contributed by atoms with E-state index >= 15 is 0 Å². The molecule has 1 aliphatic heterocycles. The van der Waals surface area contributed by atoms with E-state index in [1.165, 1.54) is 5.56 Å². The SMILES string of the molecule is C[C@H](c1nc(N)nc(N(C)C)n1)N1CCN(Cc2ccsc2)CC1. The molecule has 0 amide bonds. The van der Waals surface area contributed by atoms with E-state index in [9.17, 15) is 0 Å². The summed E-state index contributed by atoms with van der Waals surface area (Å²) in [5.41, 5.74) is 7.25. The smallest absolute Gasteiger partial charge is 0.229 e. The van der Waals surface area contributed by atoms with E-state index in [1.807, 2.05) is 19.0 Å². The molecule has 1 saturated heterocycles. The van der Waals surface area contributed by atoms with Gasteiger partial charge in [0.15, 0.2) is 5.82 Å². The second-order valence-electron chi connectivity index (χ2n) is 6.37. The fraction of sp³-hybridized carbons (Fsp3) is 0.562. The molecule has 0 spiro atoms. The third-order valence-corrected chi connectivity index (χ3v) is 5.10. The zero-order valence-corrected chi connectivity index (χ0v) is 15.3. The molecule has 0 saturated carbocycles. The molecular formula is C16H25N7S. The van der Waals surface area contributed by atoms with Crippen molar-refractivity contribution in [1.82, 2.24) is 24.8 Å². The molecule has 3 heterocycles. The van der Waals surface area contributed by atoms with Gasteiger partial charge in [-0.2, -0.15) is 26.3 Å². The number of anilines is 2. The van der Waals surface area contributed by atoms with Crippen LogP contribution in [0.4, 0.5) is 11.9 Å². The Morgan fingerprint density at radius 3 is 2.58 bits per heavy atom. The average Bonchev–Trinajstić information content (AvgIpc) is 3.07. The van der Waals surface area contributed by atoms with Gasteiger partial charge in [0.2, 0.25) is 11.9 Å². The van der Waals surface area contributed by atoms with Gasteiger partial charge in [0.05, 0.1) is 6.04 Å². The summed E-state index contributed by atoms with van der Waals surface area (Å²) in [6.07, 6.45) is 0. The summed E-state index contributed by atoms with van der Waals surface area (Å²) in [6.45, 7) is 7.31. The number of nitrogens with zero attached hydrogens (tertiary/aromatic N) is 6. The highest BCUT2D eigenvalue weighted by molar-refractivity contribution is 7.07. The van der Waals surface area contributed by atoms with Crippen molar-refractivity contribution in [1.29, 1.82) is 0 Å². The van der Waals surface area contributed by atoms with E-state index in [1.54, 1.807) is 11.3 Å². The van der Waals surface area contributed by atoms with Crippen molar-refractivity contribution in [3.05, 3.63) is 28.2 Å². The first kappa shape index (κ1) is 17.1. The van der Waals surface area contributed by atoms with Crippen LogP contribution in [0.15, 0.2) is 16.8 Å². The maximum atomic E-state index is 5.85. The van der Waals surface area contributed by atoms with Crippen LogP contribution in [-0.4, -0.2) is 65.0 Å². The maximum absolute atomic E-state index is 5.85. The van der Waals surface area contributed by atoms with Gasteiger partial charge in [-0.25, -0.2) is 0 Å². The van der Waals surface area contributed by atoms with Gasteiger partial charge in [-0.05, 0) is 29.3 Å². The molecule has 2 N–H and O–H groups in total. The number of nitrogens with two attached hydrogens (primary N) is 1. The number of hydrogen-bond acceptors (Lipinski definition) is 8. The molecule has 0 radical (unpaired) electrons. The van der Waals surface area contributed by atoms with Gasteiger partial charge in [-0.15, -0.1) is 0 Å². The maximum Gasteiger partial charge on any atom is 0.229 e. The first-order valence-electron chi connectivity index (χ1n) is 8.19. The Balaban J connectivity index is 1.61. The normalized spacial score (nSPS) is 17.8. The van der Waals surface area contributed by atoms with Crippen molar-refractivity contribution in [2.24, 2.45) is 0 Å². The van der Waals surface area contributed by atoms with Gasteiger partial charge in [-0.1, -0.05) is 0 Å². The Labute approximate surface area is 147 Å². The first-order valence-corrected chi connectivity index (χ1v) is 9.13. The van der Waals surface area contributed by atoms with Gasteiger partial charge < -0.3 is 10.6 Å². The van der Waals surface area contributed by atoms with Crippen molar-refractivity contribution >= 4 is 23.2 Å². The van der Waals surface area contributed by atoms with Crippen molar-refractivity contribution in [2.75, 3.05) is 50.9 Å². The Bertz CT molecular complexity index is 650. The first-order chi connectivity index (χ1) is 11.5. The van der Waals surface area contributed by atoms with E-state index in [0.29, 0.717) is 5.95 Å². The molecule has 0 unspecified atom stereocenters.